The second-order valence-corrected chi connectivity index (χ2v) is 9.23. The Balaban J connectivity index is 1.75. The molecule has 2 aliphatic rings. The number of thiophene rings is 1. The van der Waals surface area contributed by atoms with Gasteiger partial charge < -0.3 is 0 Å². The molecule has 5 heteroatoms. The van der Waals surface area contributed by atoms with Crippen LogP contribution in [0.5, 0.6) is 0 Å². The first-order valence-corrected chi connectivity index (χ1v) is 10.6. The van der Waals surface area contributed by atoms with Crippen molar-refractivity contribution in [1.29, 1.82) is 5.26 Å². The van der Waals surface area contributed by atoms with Gasteiger partial charge in [0.1, 0.15) is 16.9 Å². The van der Waals surface area contributed by atoms with Gasteiger partial charge in [-0.05, 0) is 49.1 Å². The summed E-state index contributed by atoms with van der Waals surface area (Å²) < 4.78 is 0. The number of nitriles is 1. The molecule has 3 nitrogen and oxygen atoms in total. The summed E-state index contributed by atoms with van der Waals surface area (Å²) in [4.78, 5) is 18.3. The summed E-state index contributed by atoms with van der Waals surface area (Å²) in [5.74, 6) is 1.39. The molecule has 0 amide bonds. The zero-order valence-corrected chi connectivity index (χ0v) is 15.8. The summed E-state index contributed by atoms with van der Waals surface area (Å²) in [5.41, 5.74) is 2.69. The van der Waals surface area contributed by atoms with Crippen LogP contribution >= 0.6 is 23.1 Å². The van der Waals surface area contributed by atoms with Crippen LogP contribution in [0.3, 0.4) is 0 Å². The van der Waals surface area contributed by atoms with Gasteiger partial charge >= 0.3 is 0 Å². The Labute approximate surface area is 156 Å². The van der Waals surface area contributed by atoms with Crippen LogP contribution in [0.1, 0.15) is 56.2 Å². The van der Waals surface area contributed by atoms with Crippen molar-refractivity contribution in [2.24, 2.45) is 5.92 Å². The fraction of sp³-hybridized carbons (Fsp3) is 0.450. The standard InChI is InChI=1S/C20H20N2OS2/c1-12-4-7-17(23)19(9-12)25-20-15(11-21)14(18-3-2-8-24-18)10-16(22-20)13-5-6-13/h2-3,8,10,12-13,19H,4-7,9H2,1H3/t12-,19-/m0/s1. The monoisotopic (exact) mass is 368 g/mol. The molecular formula is C20H20N2OS2. The number of carbonyl (C=O) groups excluding carboxylic acids is 1. The molecular weight excluding hydrogens is 348 g/mol. The normalized spacial score (nSPS) is 23.4. The maximum Gasteiger partial charge on any atom is 0.146 e. The van der Waals surface area contributed by atoms with Crippen molar-refractivity contribution in [1.82, 2.24) is 4.98 Å². The number of nitrogens with zero attached hydrogens (tertiary/aromatic N) is 2. The molecule has 2 atom stereocenters. The van der Waals surface area contributed by atoms with Crippen molar-refractivity contribution < 1.29 is 4.79 Å². The molecule has 2 saturated carbocycles. The molecule has 0 aliphatic heterocycles. The van der Waals surface area contributed by atoms with Crippen LogP contribution in [0.4, 0.5) is 0 Å². The third-order valence-electron chi connectivity index (χ3n) is 5.01. The largest absolute Gasteiger partial charge is 0.298 e. The zero-order chi connectivity index (χ0) is 17.4. The molecule has 2 heterocycles. The quantitative estimate of drug-likeness (QED) is 0.724. The lowest BCUT2D eigenvalue weighted by atomic mass is 9.90. The smallest absolute Gasteiger partial charge is 0.146 e. The predicted octanol–water partition coefficient (Wildman–Crippen LogP) is 5.41. The number of rotatable bonds is 4. The summed E-state index contributed by atoms with van der Waals surface area (Å²) in [7, 11) is 0. The zero-order valence-electron chi connectivity index (χ0n) is 14.2. The van der Waals surface area contributed by atoms with Gasteiger partial charge in [0, 0.05) is 28.5 Å². The maximum absolute atomic E-state index is 12.4. The molecule has 0 N–H and O–H groups in total. The highest BCUT2D eigenvalue weighted by Crippen LogP contribution is 2.44. The minimum Gasteiger partial charge on any atom is -0.298 e. The van der Waals surface area contributed by atoms with E-state index in [1.54, 1.807) is 11.3 Å². The first kappa shape index (κ1) is 16.8. The van der Waals surface area contributed by atoms with Crippen molar-refractivity contribution in [2.45, 2.75) is 55.2 Å². The van der Waals surface area contributed by atoms with Gasteiger partial charge in [-0.1, -0.05) is 24.8 Å². The van der Waals surface area contributed by atoms with Crippen molar-refractivity contribution >= 4 is 28.9 Å². The van der Waals surface area contributed by atoms with Crippen molar-refractivity contribution in [3.63, 3.8) is 0 Å². The number of ketones is 1. The molecule has 0 aromatic carbocycles. The molecule has 4 rings (SSSR count). The van der Waals surface area contributed by atoms with Crippen LogP contribution in [-0.4, -0.2) is 16.0 Å². The van der Waals surface area contributed by atoms with E-state index in [1.165, 1.54) is 24.6 Å². The SMILES string of the molecule is C[C@H]1CCC(=O)[C@@H](Sc2nc(C3CC3)cc(-c3cccs3)c2C#N)C1. The van der Waals surface area contributed by atoms with E-state index in [2.05, 4.69) is 25.1 Å². The van der Waals surface area contributed by atoms with Crippen LogP contribution in [0.2, 0.25) is 0 Å². The second kappa shape index (κ2) is 6.93. The van der Waals surface area contributed by atoms with E-state index in [4.69, 9.17) is 4.98 Å². The summed E-state index contributed by atoms with van der Waals surface area (Å²) >= 11 is 3.17. The topological polar surface area (TPSA) is 53.8 Å². The Morgan fingerprint density at radius 1 is 1.36 bits per heavy atom. The minimum absolute atomic E-state index is 0.0611. The van der Waals surface area contributed by atoms with Gasteiger partial charge in [-0.15, -0.1) is 11.3 Å². The van der Waals surface area contributed by atoms with Gasteiger partial charge in [0.25, 0.3) is 0 Å². The number of hydrogen-bond donors (Lipinski definition) is 0. The van der Waals surface area contributed by atoms with Crippen molar-refractivity contribution in [3.05, 3.63) is 34.8 Å². The number of pyridine rings is 1. The number of Topliss-reactive ketones (excluding diaryl/α,β-unsaturated/α-hetero) is 1. The lowest BCUT2D eigenvalue weighted by molar-refractivity contribution is -0.120. The molecule has 25 heavy (non-hydrogen) atoms. The first-order valence-electron chi connectivity index (χ1n) is 8.84. The fourth-order valence-corrected chi connectivity index (χ4v) is 5.49. The fourth-order valence-electron chi connectivity index (χ4n) is 3.36. The lowest BCUT2D eigenvalue weighted by Gasteiger charge is -2.25. The highest BCUT2D eigenvalue weighted by Gasteiger charge is 2.31. The molecule has 0 bridgehead atoms. The number of carbonyl (C=O) groups is 1. The summed E-state index contributed by atoms with van der Waals surface area (Å²) in [6.45, 7) is 2.20. The van der Waals surface area contributed by atoms with Crippen LogP contribution in [0.15, 0.2) is 28.6 Å². The van der Waals surface area contributed by atoms with Gasteiger partial charge in [-0.25, -0.2) is 4.98 Å². The van der Waals surface area contributed by atoms with Gasteiger partial charge in [0.15, 0.2) is 0 Å². The number of aromatic nitrogens is 1. The summed E-state index contributed by atoms with van der Waals surface area (Å²) in [6, 6.07) is 8.53. The molecule has 0 saturated heterocycles. The minimum atomic E-state index is -0.0611. The Bertz CT molecular complexity index is 834. The van der Waals surface area contributed by atoms with E-state index in [0.29, 0.717) is 29.6 Å². The van der Waals surface area contributed by atoms with E-state index in [-0.39, 0.29) is 5.25 Å². The van der Waals surface area contributed by atoms with Crippen LogP contribution < -0.4 is 0 Å². The van der Waals surface area contributed by atoms with E-state index in [1.807, 2.05) is 11.4 Å². The summed E-state index contributed by atoms with van der Waals surface area (Å²) in [5, 5.41) is 12.5. The molecule has 0 radical (unpaired) electrons. The maximum atomic E-state index is 12.4. The van der Waals surface area contributed by atoms with Gasteiger partial charge in [-0.3, -0.25) is 4.79 Å². The van der Waals surface area contributed by atoms with Crippen molar-refractivity contribution in [2.75, 3.05) is 0 Å². The molecule has 2 aliphatic carbocycles. The highest BCUT2D eigenvalue weighted by molar-refractivity contribution is 8.00. The second-order valence-electron chi connectivity index (χ2n) is 7.09. The van der Waals surface area contributed by atoms with Crippen LogP contribution in [-0.2, 0) is 4.79 Å². The van der Waals surface area contributed by atoms with Crippen molar-refractivity contribution in [3.8, 4) is 16.5 Å². The average Bonchev–Trinajstić information content (AvgIpc) is 3.32. The van der Waals surface area contributed by atoms with Gasteiger partial charge in [0.2, 0.25) is 0 Å². The number of hydrogen-bond acceptors (Lipinski definition) is 5. The Kier molecular flexibility index (Phi) is 4.66. The molecule has 2 aromatic rings. The van der Waals surface area contributed by atoms with Crippen LogP contribution in [0, 0.1) is 17.2 Å². The lowest BCUT2D eigenvalue weighted by Crippen LogP contribution is -2.26. The Morgan fingerprint density at radius 2 is 2.20 bits per heavy atom. The molecule has 0 spiro atoms. The first-order chi connectivity index (χ1) is 12.2. The molecule has 2 aromatic heterocycles. The average molecular weight is 369 g/mol. The molecule has 0 unspecified atom stereocenters. The van der Waals surface area contributed by atoms with Gasteiger partial charge in [-0.2, -0.15) is 5.26 Å². The number of thioether (sulfide) groups is 1. The Hall–Kier alpha value is -1.64. The predicted molar refractivity (Wildman–Crippen MR) is 102 cm³/mol. The Morgan fingerprint density at radius 3 is 2.88 bits per heavy atom. The summed E-state index contributed by atoms with van der Waals surface area (Å²) in [6.07, 6.45) is 4.87. The highest BCUT2D eigenvalue weighted by atomic mass is 32.2. The molecule has 128 valence electrons. The van der Waals surface area contributed by atoms with Gasteiger partial charge in [0.05, 0.1) is 10.8 Å². The molecule has 2 fully saturated rings. The third-order valence-corrected chi connectivity index (χ3v) is 7.17. The van der Waals surface area contributed by atoms with E-state index in [9.17, 15) is 10.1 Å². The van der Waals surface area contributed by atoms with Crippen LogP contribution in [0.25, 0.3) is 10.4 Å². The van der Waals surface area contributed by atoms with E-state index >= 15 is 0 Å². The third kappa shape index (κ3) is 3.51. The van der Waals surface area contributed by atoms with E-state index < -0.39 is 0 Å². The van der Waals surface area contributed by atoms with E-state index in [0.717, 1.165) is 34.0 Å².